The van der Waals surface area contributed by atoms with Gasteiger partial charge in [-0.25, -0.2) is 9.78 Å². The molecule has 7 nitrogen and oxygen atoms in total. The molecule has 10 heteroatoms. The zero-order valence-electron chi connectivity index (χ0n) is 15.4. The lowest BCUT2D eigenvalue weighted by Gasteiger charge is -2.61. The molecule has 1 aliphatic heterocycles. The molecule has 1 aromatic rings. The molecule has 2 heterocycles. The maximum atomic E-state index is 12.9. The molecule has 152 valence electrons. The summed E-state index contributed by atoms with van der Waals surface area (Å²) in [6.45, 7) is 2.10. The van der Waals surface area contributed by atoms with Gasteiger partial charge in [0.15, 0.2) is 5.69 Å². The van der Waals surface area contributed by atoms with Crippen molar-refractivity contribution >= 4 is 11.9 Å². The number of hydrogen-bond donors (Lipinski definition) is 0. The largest absolute Gasteiger partial charge is 0.471 e. The van der Waals surface area contributed by atoms with Crippen LogP contribution in [0.3, 0.4) is 0 Å². The fourth-order valence-corrected chi connectivity index (χ4v) is 4.41. The van der Waals surface area contributed by atoms with Crippen LogP contribution in [0.2, 0.25) is 0 Å². The smallest absolute Gasteiger partial charge is 0.464 e. The molecule has 0 radical (unpaired) electrons. The monoisotopic (exact) mass is 398 g/mol. The number of methoxy groups -OCH3 is 1. The van der Waals surface area contributed by atoms with E-state index in [4.69, 9.17) is 0 Å². The van der Waals surface area contributed by atoms with Crippen LogP contribution in [-0.2, 0) is 16.1 Å². The summed E-state index contributed by atoms with van der Waals surface area (Å²) in [6, 6.07) is -0.542. The lowest BCUT2D eigenvalue weighted by molar-refractivity contribution is -0.197. The van der Waals surface area contributed by atoms with Crippen molar-refractivity contribution in [2.75, 3.05) is 20.2 Å². The number of alkyl halides is 3. The molecule has 0 bridgehead atoms. The van der Waals surface area contributed by atoms with Gasteiger partial charge in [0, 0.05) is 31.7 Å². The van der Waals surface area contributed by atoms with E-state index in [0.717, 1.165) is 18.0 Å². The van der Waals surface area contributed by atoms with Crippen LogP contribution in [-0.4, -0.2) is 70.1 Å². The van der Waals surface area contributed by atoms with Gasteiger partial charge in [-0.1, -0.05) is 0 Å². The molecule has 1 amide bonds. The zero-order chi connectivity index (χ0) is 20.1. The van der Waals surface area contributed by atoms with Crippen molar-refractivity contribution in [3.8, 4) is 0 Å². The SMILES string of the molecule is COC(=O)c1cnc(CN2CC3(CC(N(C(=O)C(F)(F)F)C4CC4)C3)C2)cn1. The Labute approximate surface area is 159 Å². The number of halogens is 3. The van der Waals surface area contributed by atoms with Gasteiger partial charge in [0.25, 0.3) is 0 Å². The first-order chi connectivity index (χ1) is 13.2. The number of carbonyl (C=O) groups is 2. The highest BCUT2D eigenvalue weighted by molar-refractivity contribution is 5.86. The summed E-state index contributed by atoms with van der Waals surface area (Å²) >= 11 is 0. The summed E-state index contributed by atoms with van der Waals surface area (Å²) in [4.78, 5) is 34.6. The predicted molar refractivity (Wildman–Crippen MR) is 90.0 cm³/mol. The second-order valence-electron chi connectivity index (χ2n) is 8.03. The number of nitrogens with zero attached hydrogens (tertiary/aromatic N) is 4. The molecular formula is C18H21F3N4O3. The molecule has 0 N–H and O–H groups in total. The van der Waals surface area contributed by atoms with E-state index >= 15 is 0 Å². The van der Waals surface area contributed by atoms with E-state index < -0.39 is 18.1 Å². The number of ether oxygens (including phenoxy) is 1. The Morgan fingerprint density at radius 3 is 2.39 bits per heavy atom. The van der Waals surface area contributed by atoms with Crippen molar-refractivity contribution < 1.29 is 27.5 Å². The van der Waals surface area contributed by atoms with E-state index in [1.165, 1.54) is 19.5 Å². The van der Waals surface area contributed by atoms with Crippen molar-refractivity contribution in [2.24, 2.45) is 5.41 Å². The Kier molecular flexibility index (Phi) is 4.56. The summed E-state index contributed by atoms with van der Waals surface area (Å²) in [6.07, 6.45) is 0.662. The molecule has 2 saturated carbocycles. The molecule has 0 aromatic carbocycles. The van der Waals surface area contributed by atoms with E-state index in [1.807, 2.05) is 0 Å². The number of carbonyl (C=O) groups excluding carboxylic acids is 2. The highest BCUT2D eigenvalue weighted by Gasteiger charge is 2.58. The van der Waals surface area contributed by atoms with E-state index in [2.05, 4.69) is 19.6 Å². The second kappa shape index (κ2) is 6.68. The van der Waals surface area contributed by atoms with Gasteiger partial charge in [-0.05, 0) is 31.1 Å². The third-order valence-electron chi connectivity index (χ3n) is 5.75. The summed E-state index contributed by atoms with van der Waals surface area (Å²) in [5, 5.41) is 0. The Bertz CT molecular complexity index is 765. The maximum absolute atomic E-state index is 12.9. The van der Waals surface area contributed by atoms with Gasteiger partial charge in [0.05, 0.1) is 25.2 Å². The Balaban J connectivity index is 1.28. The third-order valence-corrected chi connectivity index (χ3v) is 5.75. The van der Waals surface area contributed by atoms with Crippen molar-refractivity contribution in [1.82, 2.24) is 19.8 Å². The number of likely N-dealkylation sites (tertiary alicyclic amines) is 1. The van der Waals surface area contributed by atoms with E-state index in [9.17, 15) is 22.8 Å². The number of hydrogen-bond acceptors (Lipinski definition) is 6. The van der Waals surface area contributed by atoms with Gasteiger partial charge < -0.3 is 9.64 Å². The third kappa shape index (κ3) is 3.57. The zero-order valence-corrected chi connectivity index (χ0v) is 15.4. The molecule has 0 atom stereocenters. The van der Waals surface area contributed by atoms with E-state index in [0.29, 0.717) is 37.9 Å². The standard InChI is InChI=1S/C18H21F3N4O3/c1-28-15(26)14-7-22-11(6-23-14)8-24-9-17(10-24)4-13(5-17)25(12-2-3-12)16(27)18(19,20)21/h6-7,12-13H,2-5,8-10H2,1H3. The first kappa shape index (κ1) is 19.1. The van der Waals surface area contributed by atoms with Gasteiger partial charge in [-0.3, -0.25) is 14.7 Å². The highest BCUT2D eigenvalue weighted by Crippen LogP contribution is 2.52. The first-order valence-corrected chi connectivity index (χ1v) is 9.22. The fraction of sp³-hybridized carbons (Fsp3) is 0.667. The van der Waals surface area contributed by atoms with Gasteiger partial charge >= 0.3 is 18.1 Å². The number of amides is 1. The van der Waals surface area contributed by atoms with Crippen LogP contribution in [0, 0.1) is 5.41 Å². The van der Waals surface area contributed by atoms with Crippen molar-refractivity contribution in [1.29, 1.82) is 0 Å². The van der Waals surface area contributed by atoms with E-state index in [1.54, 1.807) is 0 Å². The topological polar surface area (TPSA) is 75.6 Å². The summed E-state index contributed by atoms with van der Waals surface area (Å²) < 4.78 is 43.2. The molecule has 3 fully saturated rings. The average Bonchev–Trinajstić information content (AvgIpc) is 3.41. The lowest BCUT2D eigenvalue weighted by atomic mass is 9.60. The van der Waals surface area contributed by atoms with Crippen LogP contribution in [0.5, 0.6) is 0 Å². The summed E-state index contributed by atoms with van der Waals surface area (Å²) in [5.74, 6) is -2.23. The molecule has 0 unspecified atom stereocenters. The molecule has 1 aromatic heterocycles. The van der Waals surface area contributed by atoms with Crippen molar-refractivity contribution in [2.45, 2.75) is 50.5 Å². The average molecular weight is 398 g/mol. The number of esters is 1. The molecule has 1 spiro atoms. The molecule has 1 saturated heterocycles. The Morgan fingerprint density at radius 1 is 1.21 bits per heavy atom. The normalized spacial score (nSPS) is 21.7. The minimum Gasteiger partial charge on any atom is -0.464 e. The Morgan fingerprint density at radius 2 is 1.89 bits per heavy atom. The first-order valence-electron chi connectivity index (χ1n) is 9.22. The number of aromatic nitrogens is 2. The van der Waals surface area contributed by atoms with Crippen LogP contribution in [0.15, 0.2) is 12.4 Å². The minimum atomic E-state index is -4.80. The molecule has 2 aliphatic carbocycles. The van der Waals surface area contributed by atoms with Crippen LogP contribution in [0.4, 0.5) is 13.2 Å². The molecular weight excluding hydrogens is 377 g/mol. The second-order valence-corrected chi connectivity index (χ2v) is 8.03. The van der Waals surface area contributed by atoms with E-state index in [-0.39, 0.29) is 23.2 Å². The van der Waals surface area contributed by atoms with Crippen LogP contribution >= 0.6 is 0 Å². The number of rotatable bonds is 5. The molecule has 4 rings (SSSR count). The van der Waals surface area contributed by atoms with Gasteiger partial charge in [-0.2, -0.15) is 13.2 Å². The van der Waals surface area contributed by atoms with Gasteiger partial charge in [0.2, 0.25) is 0 Å². The maximum Gasteiger partial charge on any atom is 0.471 e. The summed E-state index contributed by atoms with van der Waals surface area (Å²) in [5.41, 5.74) is 0.858. The van der Waals surface area contributed by atoms with Crippen LogP contribution in [0.1, 0.15) is 41.9 Å². The minimum absolute atomic E-state index is 0.00305. The fourth-order valence-electron chi connectivity index (χ4n) is 4.41. The van der Waals surface area contributed by atoms with Gasteiger partial charge in [0.1, 0.15) is 0 Å². The summed E-state index contributed by atoms with van der Waals surface area (Å²) in [7, 11) is 1.27. The van der Waals surface area contributed by atoms with Crippen molar-refractivity contribution in [3.63, 3.8) is 0 Å². The highest BCUT2D eigenvalue weighted by atomic mass is 19.4. The lowest BCUT2D eigenvalue weighted by Crippen LogP contribution is -2.67. The molecule has 3 aliphatic rings. The van der Waals surface area contributed by atoms with Crippen LogP contribution < -0.4 is 0 Å². The molecule has 28 heavy (non-hydrogen) atoms. The Hall–Kier alpha value is -2.23. The van der Waals surface area contributed by atoms with Gasteiger partial charge in [-0.15, -0.1) is 0 Å². The van der Waals surface area contributed by atoms with Crippen molar-refractivity contribution in [3.05, 3.63) is 23.8 Å². The predicted octanol–water partition coefficient (Wildman–Crippen LogP) is 1.78. The van der Waals surface area contributed by atoms with Crippen LogP contribution in [0.25, 0.3) is 0 Å². The quantitative estimate of drug-likeness (QED) is 0.704.